The topological polar surface area (TPSA) is 40.5 Å². The van der Waals surface area contributed by atoms with E-state index in [0.29, 0.717) is 13.1 Å². The Morgan fingerprint density at radius 1 is 1.29 bits per heavy atom. The molecule has 0 aliphatic carbocycles. The molecule has 0 bridgehead atoms. The molecule has 0 saturated carbocycles. The Labute approximate surface area is 136 Å². The lowest BCUT2D eigenvalue weighted by molar-refractivity contribution is -0.131. The molecule has 2 aromatic rings. The van der Waals surface area contributed by atoms with Crippen molar-refractivity contribution in [2.45, 2.75) is 19.5 Å². The fraction of sp³-hybridized carbons (Fsp3) is 0.188. The predicted molar refractivity (Wildman–Crippen MR) is 85.2 cm³/mol. The summed E-state index contributed by atoms with van der Waals surface area (Å²) in [4.78, 5) is 14.2. The van der Waals surface area contributed by atoms with Crippen molar-refractivity contribution in [1.29, 1.82) is 0 Å². The number of fused-ring (bicyclic) bond motifs is 1. The molecule has 0 fully saturated rings. The molecule has 0 aromatic heterocycles. The van der Waals surface area contributed by atoms with Gasteiger partial charge in [0.2, 0.25) is 5.91 Å². The Morgan fingerprint density at radius 3 is 2.81 bits per heavy atom. The van der Waals surface area contributed by atoms with Gasteiger partial charge >= 0.3 is 0 Å². The standard InChI is InChI=1S/C16H13BrClNO2/c17-13-3-1-2-11-8-19(9-12(11)13)16(21)7-10-4-5-15(20)14(18)6-10/h1-6,20H,7-9H2. The summed E-state index contributed by atoms with van der Waals surface area (Å²) < 4.78 is 1.04. The van der Waals surface area contributed by atoms with Crippen LogP contribution in [0.2, 0.25) is 5.02 Å². The number of halogens is 2. The first-order chi connectivity index (χ1) is 10.0. The van der Waals surface area contributed by atoms with Gasteiger partial charge in [-0.05, 0) is 34.9 Å². The third-order valence-electron chi connectivity index (χ3n) is 3.65. The van der Waals surface area contributed by atoms with Crippen molar-refractivity contribution in [3.8, 4) is 5.75 Å². The summed E-state index contributed by atoms with van der Waals surface area (Å²) >= 11 is 9.39. The lowest BCUT2D eigenvalue weighted by atomic mass is 10.1. The van der Waals surface area contributed by atoms with Crippen molar-refractivity contribution < 1.29 is 9.90 Å². The van der Waals surface area contributed by atoms with E-state index in [1.807, 2.05) is 23.1 Å². The quantitative estimate of drug-likeness (QED) is 0.876. The molecule has 1 heterocycles. The van der Waals surface area contributed by atoms with E-state index in [2.05, 4.69) is 15.9 Å². The Bertz CT molecular complexity index is 717. The van der Waals surface area contributed by atoms with Gasteiger partial charge in [0.15, 0.2) is 0 Å². The molecule has 0 radical (unpaired) electrons. The molecule has 0 atom stereocenters. The first-order valence-electron chi connectivity index (χ1n) is 6.56. The van der Waals surface area contributed by atoms with Crippen molar-refractivity contribution in [3.63, 3.8) is 0 Å². The van der Waals surface area contributed by atoms with Crippen LogP contribution in [0.1, 0.15) is 16.7 Å². The number of phenolic OH excluding ortho intramolecular Hbond substituents is 1. The average molecular weight is 367 g/mol. The highest BCUT2D eigenvalue weighted by atomic mass is 79.9. The van der Waals surface area contributed by atoms with E-state index < -0.39 is 0 Å². The summed E-state index contributed by atoms with van der Waals surface area (Å²) in [5.41, 5.74) is 3.16. The molecule has 5 heteroatoms. The van der Waals surface area contributed by atoms with Crippen LogP contribution >= 0.6 is 27.5 Å². The number of amides is 1. The number of carbonyl (C=O) groups is 1. The van der Waals surface area contributed by atoms with Crippen LogP contribution in [0.4, 0.5) is 0 Å². The maximum absolute atomic E-state index is 12.4. The van der Waals surface area contributed by atoms with E-state index >= 15 is 0 Å². The third kappa shape index (κ3) is 2.92. The van der Waals surface area contributed by atoms with Gasteiger partial charge in [-0.25, -0.2) is 0 Å². The zero-order chi connectivity index (χ0) is 15.0. The van der Waals surface area contributed by atoms with E-state index in [-0.39, 0.29) is 23.1 Å². The summed E-state index contributed by atoms with van der Waals surface area (Å²) in [6.07, 6.45) is 0.283. The van der Waals surface area contributed by atoms with Crippen molar-refractivity contribution in [1.82, 2.24) is 4.90 Å². The fourth-order valence-corrected chi connectivity index (χ4v) is 3.24. The zero-order valence-electron chi connectivity index (χ0n) is 11.1. The van der Waals surface area contributed by atoms with Gasteiger partial charge in [0, 0.05) is 17.6 Å². The van der Waals surface area contributed by atoms with Crippen LogP contribution in [-0.2, 0) is 24.3 Å². The number of nitrogens with zero attached hydrogens (tertiary/aromatic N) is 1. The van der Waals surface area contributed by atoms with Crippen LogP contribution < -0.4 is 0 Å². The lowest BCUT2D eigenvalue weighted by Gasteiger charge is -2.15. The van der Waals surface area contributed by atoms with Crippen LogP contribution in [0.15, 0.2) is 40.9 Å². The van der Waals surface area contributed by atoms with Gasteiger partial charge in [-0.2, -0.15) is 0 Å². The minimum Gasteiger partial charge on any atom is -0.506 e. The summed E-state index contributed by atoms with van der Waals surface area (Å²) in [5, 5.41) is 9.68. The number of hydrogen-bond acceptors (Lipinski definition) is 2. The van der Waals surface area contributed by atoms with Crippen molar-refractivity contribution in [3.05, 3.63) is 62.6 Å². The minimum absolute atomic E-state index is 0.0328. The molecule has 1 N–H and O–H groups in total. The average Bonchev–Trinajstić information content (AvgIpc) is 2.89. The number of phenols is 1. The normalized spacial score (nSPS) is 13.3. The molecule has 108 valence electrons. The number of aromatic hydroxyl groups is 1. The molecule has 1 aliphatic heterocycles. The molecule has 2 aromatic carbocycles. The Hall–Kier alpha value is -1.52. The van der Waals surface area contributed by atoms with Gasteiger partial charge in [-0.1, -0.05) is 45.7 Å². The van der Waals surface area contributed by atoms with Crippen molar-refractivity contribution in [2.75, 3.05) is 0 Å². The SMILES string of the molecule is O=C(Cc1ccc(O)c(Cl)c1)N1Cc2cccc(Br)c2C1. The molecule has 0 unspecified atom stereocenters. The number of hydrogen-bond donors (Lipinski definition) is 1. The van der Waals surface area contributed by atoms with Crippen LogP contribution in [0, 0.1) is 0 Å². The molecule has 1 aliphatic rings. The first kappa shape index (κ1) is 14.4. The maximum Gasteiger partial charge on any atom is 0.227 e. The molecule has 3 rings (SSSR count). The van der Waals surface area contributed by atoms with Crippen molar-refractivity contribution >= 4 is 33.4 Å². The second kappa shape index (κ2) is 5.70. The van der Waals surface area contributed by atoms with Crippen LogP contribution in [0.25, 0.3) is 0 Å². The molecule has 0 spiro atoms. The number of carbonyl (C=O) groups excluding carboxylic acids is 1. The predicted octanol–water partition coefficient (Wildman–Crippen LogP) is 3.89. The van der Waals surface area contributed by atoms with E-state index in [1.165, 1.54) is 17.2 Å². The van der Waals surface area contributed by atoms with Gasteiger partial charge < -0.3 is 10.0 Å². The fourth-order valence-electron chi connectivity index (χ4n) is 2.50. The second-order valence-electron chi connectivity index (χ2n) is 5.09. The smallest absolute Gasteiger partial charge is 0.227 e. The van der Waals surface area contributed by atoms with Crippen LogP contribution in [-0.4, -0.2) is 15.9 Å². The van der Waals surface area contributed by atoms with Gasteiger partial charge in [0.05, 0.1) is 11.4 Å². The van der Waals surface area contributed by atoms with Crippen LogP contribution in [0.5, 0.6) is 5.75 Å². The molecular weight excluding hydrogens is 354 g/mol. The molecule has 1 amide bonds. The largest absolute Gasteiger partial charge is 0.506 e. The van der Waals surface area contributed by atoms with Gasteiger partial charge in [0.25, 0.3) is 0 Å². The number of benzene rings is 2. The Balaban J connectivity index is 1.73. The molecule has 3 nitrogen and oxygen atoms in total. The molecule has 0 saturated heterocycles. The van der Waals surface area contributed by atoms with Gasteiger partial charge in [-0.15, -0.1) is 0 Å². The summed E-state index contributed by atoms with van der Waals surface area (Å²) in [6.45, 7) is 1.26. The highest BCUT2D eigenvalue weighted by Gasteiger charge is 2.24. The molecular formula is C16H13BrClNO2. The maximum atomic E-state index is 12.4. The van der Waals surface area contributed by atoms with E-state index in [1.54, 1.807) is 12.1 Å². The minimum atomic E-state index is 0.0328. The summed E-state index contributed by atoms with van der Waals surface area (Å²) in [7, 11) is 0. The summed E-state index contributed by atoms with van der Waals surface area (Å²) in [6, 6.07) is 10.9. The Morgan fingerprint density at radius 2 is 2.10 bits per heavy atom. The van der Waals surface area contributed by atoms with Crippen molar-refractivity contribution in [2.24, 2.45) is 0 Å². The summed E-state index contributed by atoms with van der Waals surface area (Å²) in [5.74, 6) is 0.0882. The highest BCUT2D eigenvalue weighted by Crippen LogP contribution is 2.30. The van der Waals surface area contributed by atoms with E-state index in [9.17, 15) is 9.90 Å². The van der Waals surface area contributed by atoms with Crippen LogP contribution in [0.3, 0.4) is 0 Å². The van der Waals surface area contributed by atoms with E-state index in [4.69, 9.17) is 11.6 Å². The molecule has 21 heavy (non-hydrogen) atoms. The third-order valence-corrected chi connectivity index (χ3v) is 4.69. The zero-order valence-corrected chi connectivity index (χ0v) is 13.5. The lowest BCUT2D eigenvalue weighted by Crippen LogP contribution is -2.26. The Kier molecular flexibility index (Phi) is 3.91. The first-order valence-corrected chi connectivity index (χ1v) is 7.73. The van der Waals surface area contributed by atoms with E-state index in [0.717, 1.165) is 10.0 Å². The van der Waals surface area contributed by atoms with Gasteiger partial charge in [-0.3, -0.25) is 4.79 Å². The van der Waals surface area contributed by atoms with Gasteiger partial charge in [0.1, 0.15) is 5.75 Å². The monoisotopic (exact) mass is 365 g/mol. The highest BCUT2D eigenvalue weighted by molar-refractivity contribution is 9.10. The second-order valence-corrected chi connectivity index (χ2v) is 6.35. The number of rotatable bonds is 2.